The number of non-ortho nitro benzene ring substituents is 1. The third-order valence-electron chi connectivity index (χ3n) is 6.98. The van der Waals surface area contributed by atoms with E-state index in [1.807, 2.05) is 0 Å². The van der Waals surface area contributed by atoms with Crippen LogP contribution in [0.4, 0.5) is 5.69 Å². The topological polar surface area (TPSA) is 168 Å². The zero-order valence-corrected chi connectivity index (χ0v) is 21.8. The number of nitro groups is 1. The molecular weight excluding hydrogens is 524 g/mol. The Labute approximate surface area is 229 Å². The van der Waals surface area contributed by atoms with Crippen LogP contribution in [0.15, 0.2) is 42.5 Å². The second kappa shape index (κ2) is 11.9. The second-order valence-electron chi connectivity index (χ2n) is 9.49. The molecule has 0 radical (unpaired) electrons. The minimum absolute atomic E-state index is 0.0459. The van der Waals surface area contributed by atoms with Gasteiger partial charge in [0, 0.05) is 44.7 Å². The summed E-state index contributed by atoms with van der Waals surface area (Å²) in [5.41, 5.74) is 0.815. The lowest BCUT2D eigenvalue weighted by molar-refractivity contribution is -0.384. The van der Waals surface area contributed by atoms with Crippen molar-refractivity contribution in [2.24, 2.45) is 0 Å². The average Bonchev–Trinajstić information content (AvgIpc) is 3.19. The number of benzene rings is 2. The zero-order chi connectivity index (χ0) is 29.0. The Kier molecular flexibility index (Phi) is 8.41. The maximum atomic E-state index is 12.8. The van der Waals surface area contributed by atoms with Crippen molar-refractivity contribution in [3.8, 4) is 5.75 Å². The molecule has 2 aromatic carbocycles. The Balaban J connectivity index is 1.23. The Morgan fingerprint density at radius 3 is 2.00 bits per heavy atom. The molecule has 2 aliphatic heterocycles. The smallest absolute Gasteiger partial charge is 0.326 e. The van der Waals surface area contributed by atoms with Gasteiger partial charge in [-0.1, -0.05) is 12.1 Å². The number of hydrogen-bond donors (Lipinski definition) is 1. The van der Waals surface area contributed by atoms with Crippen LogP contribution in [0.25, 0.3) is 0 Å². The summed E-state index contributed by atoms with van der Waals surface area (Å²) >= 11 is 0. The molecule has 0 aromatic heterocycles. The average molecular weight is 553 g/mol. The van der Waals surface area contributed by atoms with Gasteiger partial charge in [-0.15, -0.1) is 0 Å². The summed E-state index contributed by atoms with van der Waals surface area (Å²) in [5, 5.41) is 20.6. The van der Waals surface area contributed by atoms with Gasteiger partial charge in [-0.25, -0.2) is 4.79 Å². The molecule has 0 bridgehead atoms. The van der Waals surface area contributed by atoms with E-state index >= 15 is 0 Å². The molecule has 1 N–H and O–H groups in total. The number of nitrogens with zero attached hydrogens (tertiary/aromatic N) is 4. The van der Waals surface area contributed by atoms with Gasteiger partial charge in [0.1, 0.15) is 11.8 Å². The molecule has 1 atom stereocenters. The summed E-state index contributed by atoms with van der Waals surface area (Å²) in [4.78, 5) is 76.9. The minimum Gasteiger partial charge on any atom is -0.493 e. The minimum atomic E-state index is -1.47. The number of carbonyl (C=O) groups is 5. The highest BCUT2D eigenvalue weighted by atomic mass is 16.6. The summed E-state index contributed by atoms with van der Waals surface area (Å²) in [6.07, 6.45) is -0.316. The van der Waals surface area contributed by atoms with E-state index < -0.39 is 28.7 Å². The number of aliphatic carboxylic acids is 1. The van der Waals surface area contributed by atoms with Gasteiger partial charge in [0.25, 0.3) is 17.5 Å². The van der Waals surface area contributed by atoms with Gasteiger partial charge in [-0.05, 0) is 37.1 Å². The lowest BCUT2D eigenvalue weighted by Gasteiger charge is -2.35. The van der Waals surface area contributed by atoms with E-state index in [4.69, 9.17) is 4.74 Å². The van der Waals surface area contributed by atoms with Crippen LogP contribution in [0.5, 0.6) is 5.75 Å². The zero-order valence-electron chi connectivity index (χ0n) is 21.8. The molecule has 2 aliphatic rings. The standard InChI is InChI=1S/C27H28N4O9/c1-17-16-18(31(38)39)6-8-22(17)40-15-10-24(33)29-13-11-28(12-14-29)23(32)9-7-21(27(36)37)30-25(34)19-4-2-3-5-20(19)26(30)35/h2-6,8,16,21H,7,9-15H2,1H3,(H,36,37)/t21-/m0/s1. The van der Waals surface area contributed by atoms with Crippen LogP contribution in [-0.2, 0) is 14.4 Å². The molecule has 2 heterocycles. The quantitative estimate of drug-likeness (QED) is 0.263. The lowest BCUT2D eigenvalue weighted by atomic mass is 10.1. The third kappa shape index (κ3) is 5.92. The monoisotopic (exact) mass is 552 g/mol. The van der Waals surface area contributed by atoms with E-state index in [9.17, 15) is 39.2 Å². The van der Waals surface area contributed by atoms with Gasteiger partial charge < -0.3 is 19.6 Å². The molecule has 0 saturated carbocycles. The molecule has 2 aromatic rings. The number of carboxylic acids is 1. The van der Waals surface area contributed by atoms with Crippen LogP contribution in [0.2, 0.25) is 0 Å². The molecule has 40 heavy (non-hydrogen) atoms. The molecule has 0 unspecified atom stereocenters. The molecule has 1 saturated heterocycles. The van der Waals surface area contributed by atoms with Gasteiger partial charge >= 0.3 is 5.97 Å². The van der Waals surface area contributed by atoms with Gasteiger partial charge in [0.05, 0.1) is 29.1 Å². The van der Waals surface area contributed by atoms with E-state index in [1.165, 1.54) is 35.2 Å². The summed E-state index contributed by atoms with van der Waals surface area (Å²) in [5.74, 6) is -2.80. The van der Waals surface area contributed by atoms with Crippen molar-refractivity contribution in [2.75, 3.05) is 32.8 Å². The summed E-state index contributed by atoms with van der Waals surface area (Å²) in [6.45, 7) is 2.88. The van der Waals surface area contributed by atoms with Crippen LogP contribution in [-0.4, -0.2) is 93.2 Å². The molecule has 13 heteroatoms. The van der Waals surface area contributed by atoms with Crippen LogP contribution in [0.1, 0.15) is 45.5 Å². The number of imide groups is 1. The molecule has 0 aliphatic carbocycles. The Morgan fingerprint density at radius 2 is 1.50 bits per heavy atom. The lowest BCUT2D eigenvalue weighted by Crippen LogP contribution is -2.51. The van der Waals surface area contributed by atoms with Crippen molar-refractivity contribution >= 4 is 35.3 Å². The van der Waals surface area contributed by atoms with Gasteiger partial charge in [0.2, 0.25) is 11.8 Å². The number of ether oxygens (including phenoxy) is 1. The molecule has 1 fully saturated rings. The number of amides is 4. The second-order valence-corrected chi connectivity index (χ2v) is 9.49. The van der Waals surface area contributed by atoms with Gasteiger partial charge in [-0.3, -0.25) is 34.2 Å². The van der Waals surface area contributed by atoms with Crippen molar-refractivity contribution in [2.45, 2.75) is 32.2 Å². The fraction of sp³-hybridized carbons (Fsp3) is 0.370. The van der Waals surface area contributed by atoms with Gasteiger partial charge in [-0.2, -0.15) is 0 Å². The Morgan fingerprint density at radius 1 is 0.950 bits per heavy atom. The molecule has 4 rings (SSSR count). The van der Waals surface area contributed by atoms with E-state index in [1.54, 1.807) is 24.0 Å². The first kappa shape index (κ1) is 28.2. The number of piperazine rings is 1. The number of aryl methyl sites for hydroxylation is 1. The van der Waals surface area contributed by atoms with Crippen LogP contribution in [0.3, 0.4) is 0 Å². The Bertz CT molecular complexity index is 1330. The first-order chi connectivity index (χ1) is 19.1. The fourth-order valence-electron chi connectivity index (χ4n) is 4.79. The molecular formula is C27H28N4O9. The first-order valence-corrected chi connectivity index (χ1v) is 12.7. The largest absolute Gasteiger partial charge is 0.493 e. The highest BCUT2D eigenvalue weighted by Crippen LogP contribution is 2.27. The number of rotatable bonds is 10. The maximum absolute atomic E-state index is 12.8. The van der Waals surface area contributed by atoms with E-state index in [2.05, 4.69) is 0 Å². The van der Waals surface area contributed by atoms with Crippen molar-refractivity contribution in [1.29, 1.82) is 0 Å². The van der Waals surface area contributed by atoms with Crippen molar-refractivity contribution in [3.05, 3.63) is 69.3 Å². The van der Waals surface area contributed by atoms with Crippen LogP contribution < -0.4 is 4.74 Å². The highest BCUT2D eigenvalue weighted by molar-refractivity contribution is 6.22. The van der Waals surface area contributed by atoms with Crippen molar-refractivity contribution < 1.29 is 38.7 Å². The number of fused-ring (bicyclic) bond motifs is 1. The maximum Gasteiger partial charge on any atom is 0.326 e. The fourth-order valence-corrected chi connectivity index (χ4v) is 4.79. The SMILES string of the molecule is Cc1cc([N+](=O)[O-])ccc1OCCC(=O)N1CCN(C(=O)CC[C@@H](C(=O)O)N2C(=O)c3ccccc3C2=O)CC1. The predicted molar refractivity (Wildman–Crippen MR) is 139 cm³/mol. The van der Waals surface area contributed by atoms with Crippen LogP contribution in [0, 0.1) is 17.0 Å². The van der Waals surface area contributed by atoms with E-state index in [0.29, 0.717) is 29.3 Å². The summed E-state index contributed by atoms with van der Waals surface area (Å²) in [7, 11) is 0. The number of carboxylic acid groups (broad SMARTS) is 1. The summed E-state index contributed by atoms with van der Waals surface area (Å²) in [6, 6.07) is 8.84. The first-order valence-electron chi connectivity index (χ1n) is 12.7. The van der Waals surface area contributed by atoms with Crippen LogP contribution >= 0.6 is 0 Å². The van der Waals surface area contributed by atoms with Crippen molar-refractivity contribution in [1.82, 2.24) is 14.7 Å². The predicted octanol–water partition coefficient (Wildman–Crippen LogP) is 1.87. The molecule has 4 amide bonds. The number of hydrogen-bond acceptors (Lipinski definition) is 8. The van der Waals surface area contributed by atoms with Crippen molar-refractivity contribution in [3.63, 3.8) is 0 Å². The van der Waals surface area contributed by atoms with Gasteiger partial charge in [0.15, 0.2) is 0 Å². The summed E-state index contributed by atoms with van der Waals surface area (Å²) < 4.78 is 5.61. The normalized spacial score (nSPS) is 15.6. The molecule has 210 valence electrons. The van der Waals surface area contributed by atoms with E-state index in [-0.39, 0.29) is 67.6 Å². The Hall–Kier alpha value is -4.81. The molecule has 13 nitrogen and oxygen atoms in total. The third-order valence-corrected chi connectivity index (χ3v) is 6.98. The number of nitro benzene ring substituents is 1. The van der Waals surface area contributed by atoms with E-state index in [0.717, 1.165) is 0 Å². The highest BCUT2D eigenvalue weighted by Gasteiger charge is 2.43. The number of carbonyl (C=O) groups excluding carboxylic acids is 4. The molecule has 0 spiro atoms.